The third kappa shape index (κ3) is 5.75. The molecule has 168 valence electrons. The molecule has 10 heteroatoms. The highest BCUT2D eigenvalue weighted by molar-refractivity contribution is 7.23. The van der Waals surface area contributed by atoms with Crippen LogP contribution in [0.3, 0.4) is 0 Å². The molecule has 5 nitrogen and oxygen atoms in total. The molecule has 0 unspecified atom stereocenters. The SMILES string of the molecule is CCN(CC)CCN(C(=O)c1ccc(Cl)cc1Cl)c1nc2c(OC)ccc(Cl)c2s1.Cl. The van der Waals surface area contributed by atoms with Crippen molar-refractivity contribution in [2.45, 2.75) is 13.8 Å². The summed E-state index contributed by atoms with van der Waals surface area (Å²) >= 11 is 20.1. The minimum atomic E-state index is -0.238. The number of hydrogen-bond acceptors (Lipinski definition) is 5. The van der Waals surface area contributed by atoms with E-state index in [1.54, 1.807) is 42.3 Å². The number of carbonyl (C=O) groups excluding carboxylic acids is 1. The van der Waals surface area contributed by atoms with E-state index in [1.165, 1.54) is 11.3 Å². The van der Waals surface area contributed by atoms with Gasteiger partial charge < -0.3 is 9.64 Å². The van der Waals surface area contributed by atoms with E-state index in [2.05, 4.69) is 18.7 Å². The van der Waals surface area contributed by atoms with Crippen LogP contribution in [0.2, 0.25) is 15.1 Å². The highest BCUT2D eigenvalue weighted by Gasteiger charge is 2.25. The molecule has 0 saturated carbocycles. The molecule has 2 aromatic carbocycles. The molecule has 0 aliphatic heterocycles. The zero-order valence-corrected chi connectivity index (χ0v) is 21.2. The molecule has 0 N–H and O–H groups in total. The van der Waals surface area contributed by atoms with Crippen molar-refractivity contribution in [1.29, 1.82) is 0 Å². The summed E-state index contributed by atoms with van der Waals surface area (Å²) in [5, 5.41) is 1.88. The van der Waals surface area contributed by atoms with Gasteiger partial charge in [0.2, 0.25) is 0 Å². The van der Waals surface area contributed by atoms with E-state index in [1.807, 2.05) is 0 Å². The number of thiazole rings is 1. The molecule has 0 spiro atoms. The number of anilines is 1. The number of nitrogens with zero attached hydrogens (tertiary/aromatic N) is 3. The van der Waals surface area contributed by atoms with Gasteiger partial charge in [-0.2, -0.15) is 0 Å². The lowest BCUT2D eigenvalue weighted by Crippen LogP contribution is -2.39. The van der Waals surface area contributed by atoms with Gasteiger partial charge in [-0.3, -0.25) is 9.69 Å². The number of likely N-dealkylation sites (N-methyl/N-ethyl adjacent to an activating group) is 1. The standard InChI is InChI=1S/C21H22Cl3N3O2S.ClH/c1-4-26(5-2)10-11-27(20(28)14-7-6-13(22)12-16(14)24)21-25-18-17(29-3)9-8-15(23)19(18)30-21;/h6-9,12H,4-5,10-11H2,1-3H3;1H. The van der Waals surface area contributed by atoms with E-state index >= 15 is 0 Å². The Morgan fingerprint density at radius 3 is 2.39 bits per heavy atom. The number of fused-ring (bicyclic) bond motifs is 1. The summed E-state index contributed by atoms with van der Waals surface area (Å²) in [5.41, 5.74) is 1.01. The van der Waals surface area contributed by atoms with Crippen molar-refractivity contribution >= 4 is 79.8 Å². The molecule has 0 fully saturated rings. The van der Waals surface area contributed by atoms with E-state index in [4.69, 9.17) is 44.5 Å². The van der Waals surface area contributed by atoms with Crippen LogP contribution < -0.4 is 9.64 Å². The Morgan fingerprint density at radius 1 is 1.06 bits per heavy atom. The number of benzene rings is 2. The quantitative estimate of drug-likeness (QED) is 0.331. The lowest BCUT2D eigenvalue weighted by atomic mass is 10.2. The molecule has 0 bridgehead atoms. The number of hydrogen-bond donors (Lipinski definition) is 0. The Labute approximate surface area is 207 Å². The van der Waals surface area contributed by atoms with E-state index < -0.39 is 0 Å². The molecular weight excluding hydrogens is 500 g/mol. The Morgan fingerprint density at radius 2 is 1.77 bits per heavy atom. The largest absolute Gasteiger partial charge is 0.494 e. The van der Waals surface area contributed by atoms with E-state index in [0.717, 1.165) is 17.8 Å². The van der Waals surface area contributed by atoms with Crippen molar-refractivity contribution in [2.24, 2.45) is 0 Å². The highest BCUT2D eigenvalue weighted by atomic mass is 35.5. The van der Waals surface area contributed by atoms with Crippen LogP contribution in [0.15, 0.2) is 30.3 Å². The maximum Gasteiger partial charge on any atom is 0.261 e. The molecule has 0 aliphatic carbocycles. The van der Waals surface area contributed by atoms with Crippen LogP contribution in [-0.4, -0.2) is 49.1 Å². The fraction of sp³-hybridized carbons (Fsp3) is 0.333. The number of carbonyl (C=O) groups is 1. The summed E-state index contributed by atoms with van der Waals surface area (Å²) in [7, 11) is 1.58. The zero-order chi connectivity index (χ0) is 21.8. The molecule has 3 aromatic rings. The van der Waals surface area contributed by atoms with Gasteiger partial charge in [-0.1, -0.05) is 60.0 Å². The van der Waals surface area contributed by atoms with Gasteiger partial charge >= 0.3 is 0 Å². The first kappa shape index (κ1) is 26.0. The van der Waals surface area contributed by atoms with Crippen LogP contribution in [0.1, 0.15) is 24.2 Å². The van der Waals surface area contributed by atoms with Gasteiger partial charge in [-0.25, -0.2) is 4.98 Å². The van der Waals surface area contributed by atoms with Crippen molar-refractivity contribution in [3.63, 3.8) is 0 Å². The number of rotatable bonds is 8. The molecule has 1 aromatic heterocycles. The molecule has 31 heavy (non-hydrogen) atoms. The minimum Gasteiger partial charge on any atom is -0.494 e. The molecule has 0 saturated heterocycles. The lowest BCUT2D eigenvalue weighted by molar-refractivity contribution is 0.0984. The van der Waals surface area contributed by atoms with Crippen molar-refractivity contribution in [2.75, 3.05) is 38.2 Å². The van der Waals surface area contributed by atoms with Gasteiger partial charge in [-0.05, 0) is 43.4 Å². The summed E-state index contributed by atoms with van der Waals surface area (Å²) in [4.78, 5) is 22.0. The van der Waals surface area contributed by atoms with Crippen LogP contribution in [0.5, 0.6) is 5.75 Å². The number of halogens is 4. The predicted octanol–water partition coefficient (Wildman–Crippen LogP) is 6.68. The first-order valence-corrected chi connectivity index (χ1v) is 11.5. The Hall–Kier alpha value is -1.28. The fourth-order valence-corrected chi connectivity index (χ4v) is 4.86. The summed E-state index contributed by atoms with van der Waals surface area (Å²) in [6, 6.07) is 8.39. The van der Waals surface area contributed by atoms with E-state index in [9.17, 15) is 4.79 Å². The maximum atomic E-state index is 13.5. The molecular formula is C21H23Cl4N3O2S. The highest BCUT2D eigenvalue weighted by Crippen LogP contribution is 2.39. The van der Waals surface area contributed by atoms with Crippen LogP contribution in [0.25, 0.3) is 10.2 Å². The minimum absolute atomic E-state index is 0. The molecule has 1 amide bonds. The average Bonchev–Trinajstić information content (AvgIpc) is 3.17. The van der Waals surface area contributed by atoms with E-state index in [-0.39, 0.29) is 18.3 Å². The first-order valence-electron chi connectivity index (χ1n) is 9.51. The topological polar surface area (TPSA) is 45.7 Å². The number of methoxy groups -OCH3 is 1. The van der Waals surface area contributed by atoms with E-state index in [0.29, 0.717) is 50.1 Å². The van der Waals surface area contributed by atoms with Crippen molar-refractivity contribution in [1.82, 2.24) is 9.88 Å². The van der Waals surface area contributed by atoms with Gasteiger partial charge in [0.15, 0.2) is 5.13 Å². The van der Waals surface area contributed by atoms with Gasteiger partial charge in [0.1, 0.15) is 11.3 Å². The zero-order valence-electron chi connectivity index (χ0n) is 17.3. The summed E-state index contributed by atoms with van der Waals surface area (Å²) in [5.74, 6) is 0.371. The molecule has 0 aliphatic rings. The van der Waals surface area contributed by atoms with Crippen LogP contribution in [0, 0.1) is 0 Å². The second kappa shape index (κ2) is 11.5. The maximum absolute atomic E-state index is 13.5. The Balaban J connectivity index is 0.00000341. The second-order valence-electron chi connectivity index (χ2n) is 6.53. The van der Waals surface area contributed by atoms with Crippen molar-refractivity contribution in [3.8, 4) is 5.75 Å². The fourth-order valence-electron chi connectivity index (χ4n) is 3.09. The number of aromatic nitrogens is 1. The second-order valence-corrected chi connectivity index (χ2v) is 8.76. The molecule has 3 rings (SSSR count). The smallest absolute Gasteiger partial charge is 0.261 e. The predicted molar refractivity (Wildman–Crippen MR) is 134 cm³/mol. The normalized spacial score (nSPS) is 10.9. The summed E-state index contributed by atoms with van der Waals surface area (Å²) in [6.45, 7) is 7.12. The Bertz CT molecular complexity index is 1060. The molecule has 1 heterocycles. The summed E-state index contributed by atoms with van der Waals surface area (Å²) in [6.07, 6.45) is 0. The third-order valence-electron chi connectivity index (χ3n) is 4.84. The number of ether oxygens (including phenoxy) is 1. The Kier molecular flexibility index (Phi) is 9.67. The third-order valence-corrected chi connectivity index (χ3v) is 6.93. The van der Waals surface area contributed by atoms with Crippen LogP contribution in [0.4, 0.5) is 5.13 Å². The van der Waals surface area contributed by atoms with Crippen LogP contribution >= 0.6 is 58.5 Å². The molecule has 0 radical (unpaired) electrons. The summed E-state index contributed by atoms with van der Waals surface area (Å²) < 4.78 is 6.20. The van der Waals surface area contributed by atoms with Gasteiger partial charge in [0, 0.05) is 18.1 Å². The van der Waals surface area contributed by atoms with Gasteiger partial charge in [0.05, 0.1) is 27.4 Å². The number of amides is 1. The first-order chi connectivity index (χ1) is 14.4. The van der Waals surface area contributed by atoms with Gasteiger partial charge in [-0.15, -0.1) is 12.4 Å². The average molecular weight is 523 g/mol. The monoisotopic (exact) mass is 521 g/mol. The van der Waals surface area contributed by atoms with Crippen molar-refractivity contribution in [3.05, 3.63) is 51.0 Å². The lowest BCUT2D eigenvalue weighted by Gasteiger charge is -2.25. The van der Waals surface area contributed by atoms with Crippen LogP contribution in [-0.2, 0) is 0 Å². The van der Waals surface area contributed by atoms with Crippen molar-refractivity contribution < 1.29 is 9.53 Å². The molecule has 0 atom stereocenters. The van der Waals surface area contributed by atoms with Gasteiger partial charge in [0.25, 0.3) is 5.91 Å².